The predicted octanol–water partition coefficient (Wildman–Crippen LogP) is 3.05. The van der Waals surface area contributed by atoms with Gasteiger partial charge in [-0.25, -0.2) is 0 Å². The first kappa shape index (κ1) is 15.5. The fourth-order valence-electron chi connectivity index (χ4n) is 2.64. The molecule has 0 aliphatic carbocycles. The Labute approximate surface area is 135 Å². The Morgan fingerprint density at radius 2 is 1.61 bits per heavy atom. The van der Waals surface area contributed by atoms with Crippen LogP contribution in [0.15, 0.2) is 60.7 Å². The molecule has 2 aromatic rings. The highest BCUT2D eigenvalue weighted by Crippen LogP contribution is 2.33. The fourth-order valence-corrected chi connectivity index (χ4v) is 2.64. The monoisotopic (exact) mass is 310 g/mol. The van der Waals surface area contributed by atoms with Crippen LogP contribution in [0.25, 0.3) is 11.1 Å². The fraction of sp³-hybridized carbons (Fsp3) is 0.211. The third-order valence-corrected chi connectivity index (χ3v) is 4.10. The third kappa shape index (κ3) is 2.91. The quantitative estimate of drug-likeness (QED) is 0.946. The molecule has 0 saturated heterocycles. The van der Waals surface area contributed by atoms with Crippen LogP contribution in [0.2, 0.25) is 0 Å². The molecule has 0 radical (unpaired) electrons. The van der Waals surface area contributed by atoms with E-state index in [1.54, 1.807) is 14.0 Å². The van der Waals surface area contributed by atoms with Crippen molar-refractivity contribution < 1.29 is 19.4 Å². The SMILES string of the molecule is COc1ccc(-c2ccc(C3(C)OC(O)C=CC3=O)cc2)cc1. The molecule has 4 nitrogen and oxygen atoms in total. The molecule has 3 rings (SSSR count). The molecule has 0 saturated carbocycles. The Morgan fingerprint density at radius 3 is 2.17 bits per heavy atom. The zero-order valence-corrected chi connectivity index (χ0v) is 13.0. The lowest BCUT2D eigenvalue weighted by atomic mass is 9.88. The lowest BCUT2D eigenvalue weighted by Crippen LogP contribution is -2.40. The van der Waals surface area contributed by atoms with Gasteiger partial charge in [-0.1, -0.05) is 36.4 Å². The van der Waals surface area contributed by atoms with Crippen molar-refractivity contribution >= 4 is 5.78 Å². The largest absolute Gasteiger partial charge is 0.497 e. The number of carbonyl (C=O) groups excluding carboxylic acids is 1. The van der Waals surface area contributed by atoms with Crippen LogP contribution in [0.5, 0.6) is 5.75 Å². The number of aliphatic hydroxyl groups excluding tert-OH is 1. The molecule has 118 valence electrons. The van der Waals surface area contributed by atoms with E-state index in [1.165, 1.54) is 12.2 Å². The minimum absolute atomic E-state index is 0.181. The van der Waals surface area contributed by atoms with Crippen molar-refractivity contribution in [3.05, 3.63) is 66.2 Å². The van der Waals surface area contributed by atoms with Crippen LogP contribution in [-0.4, -0.2) is 24.3 Å². The maximum atomic E-state index is 12.2. The van der Waals surface area contributed by atoms with Gasteiger partial charge in [-0.3, -0.25) is 4.79 Å². The van der Waals surface area contributed by atoms with E-state index in [4.69, 9.17) is 9.47 Å². The van der Waals surface area contributed by atoms with Gasteiger partial charge in [0.15, 0.2) is 17.7 Å². The van der Waals surface area contributed by atoms with Crippen LogP contribution in [0, 0.1) is 0 Å². The van der Waals surface area contributed by atoms with Crippen LogP contribution < -0.4 is 4.74 Å². The summed E-state index contributed by atoms with van der Waals surface area (Å²) in [5.41, 5.74) is 1.63. The summed E-state index contributed by atoms with van der Waals surface area (Å²) in [6.45, 7) is 1.67. The Bertz CT molecular complexity index is 731. The minimum atomic E-state index is -1.16. The van der Waals surface area contributed by atoms with Gasteiger partial charge in [-0.05, 0) is 47.9 Å². The number of ether oxygens (including phenoxy) is 2. The highest BCUT2D eigenvalue weighted by atomic mass is 16.6. The zero-order valence-electron chi connectivity index (χ0n) is 13.0. The van der Waals surface area contributed by atoms with Gasteiger partial charge in [-0.2, -0.15) is 0 Å². The van der Waals surface area contributed by atoms with Crippen molar-refractivity contribution in [1.29, 1.82) is 0 Å². The summed E-state index contributed by atoms with van der Waals surface area (Å²) >= 11 is 0. The first-order valence-corrected chi connectivity index (χ1v) is 7.36. The van der Waals surface area contributed by atoms with Crippen LogP contribution in [0.1, 0.15) is 12.5 Å². The molecule has 2 atom stereocenters. The van der Waals surface area contributed by atoms with E-state index < -0.39 is 11.9 Å². The van der Waals surface area contributed by atoms with E-state index >= 15 is 0 Å². The molecule has 2 aromatic carbocycles. The van der Waals surface area contributed by atoms with Crippen molar-refractivity contribution in [2.24, 2.45) is 0 Å². The minimum Gasteiger partial charge on any atom is -0.497 e. The molecule has 1 aliphatic heterocycles. The molecule has 23 heavy (non-hydrogen) atoms. The highest BCUT2D eigenvalue weighted by Gasteiger charge is 2.38. The second-order valence-electron chi connectivity index (χ2n) is 5.57. The van der Waals surface area contributed by atoms with Crippen LogP contribution >= 0.6 is 0 Å². The molecule has 0 aromatic heterocycles. The lowest BCUT2D eigenvalue weighted by Gasteiger charge is -2.32. The van der Waals surface area contributed by atoms with Gasteiger partial charge in [0.25, 0.3) is 0 Å². The number of aliphatic hydroxyl groups is 1. The van der Waals surface area contributed by atoms with Crippen molar-refractivity contribution in [2.75, 3.05) is 7.11 Å². The van der Waals surface area contributed by atoms with E-state index in [0.717, 1.165) is 16.9 Å². The second kappa shape index (κ2) is 5.99. The normalized spacial score (nSPS) is 23.8. The molecule has 1 aliphatic rings. The Kier molecular flexibility index (Phi) is 4.03. The van der Waals surface area contributed by atoms with E-state index in [1.807, 2.05) is 48.5 Å². The van der Waals surface area contributed by atoms with Gasteiger partial charge in [0.1, 0.15) is 5.75 Å². The lowest BCUT2D eigenvalue weighted by molar-refractivity contribution is -0.177. The van der Waals surface area contributed by atoms with Crippen LogP contribution in [-0.2, 0) is 15.1 Å². The maximum Gasteiger partial charge on any atom is 0.191 e. The van der Waals surface area contributed by atoms with E-state index in [0.29, 0.717) is 5.56 Å². The summed E-state index contributed by atoms with van der Waals surface area (Å²) in [5.74, 6) is 0.625. The van der Waals surface area contributed by atoms with Gasteiger partial charge in [0.05, 0.1) is 7.11 Å². The maximum absolute atomic E-state index is 12.2. The standard InChI is InChI=1S/C19H18O4/c1-19(17(20)11-12-18(21)23-19)15-7-3-13(4-8-15)14-5-9-16(22-2)10-6-14/h3-12,18,21H,1-2H3. The third-order valence-electron chi connectivity index (χ3n) is 4.10. The second-order valence-corrected chi connectivity index (χ2v) is 5.57. The van der Waals surface area contributed by atoms with Crippen molar-refractivity contribution in [2.45, 2.75) is 18.8 Å². The molecular weight excluding hydrogens is 292 g/mol. The predicted molar refractivity (Wildman–Crippen MR) is 87.0 cm³/mol. The van der Waals surface area contributed by atoms with Gasteiger partial charge >= 0.3 is 0 Å². The van der Waals surface area contributed by atoms with Crippen molar-refractivity contribution in [3.8, 4) is 16.9 Å². The summed E-state index contributed by atoms with van der Waals surface area (Å²) in [5, 5.41) is 9.63. The Balaban J connectivity index is 1.89. The molecule has 4 heteroatoms. The number of carbonyl (C=O) groups is 1. The average molecular weight is 310 g/mol. The van der Waals surface area contributed by atoms with Gasteiger partial charge in [0, 0.05) is 0 Å². The number of hydrogen-bond acceptors (Lipinski definition) is 4. The van der Waals surface area contributed by atoms with Crippen LogP contribution in [0.3, 0.4) is 0 Å². The average Bonchev–Trinajstić information content (AvgIpc) is 2.59. The topological polar surface area (TPSA) is 55.8 Å². The summed E-state index contributed by atoms with van der Waals surface area (Å²) in [6.07, 6.45) is 1.64. The number of ketones is 1. The summed E-state index contributed by atoms with van der Waals surface area (Å²) in [4.78, 5) is 12.2. The van der Waals surface area contributed by atoms with Gasteiger partial charge in [-0.15, -0.1) is 0 Å². The van der Waals surface area contributed by atoms with E-state index in [-0.39, 0.29) is 5.78 Å². The molecule has 0 amide bonds. The van der Waals surface area contributed by atoms with E-state index in [9.17, 15) is 9.90 Å². The van der Waals surface area contributed by atoms with E-state index in [2.05, 4.69) is 0 Å². The zero-order chi connectivity index (χ0) is 16.4. The summed E-state index contributed by atoms with van der Waals surface area (Å²) < 4.78 is 10.6. The molecule has 1 heterocycles. The molecule has 0 fully saturated rings. The molecule has 0 spiro atoms. The Hall–Kier alpha value is -2.43. The summed E-state index contributed by atoms with van der Waals surface area (Å²) in [6, 6.07) is 15.3. The first-order valence-electron chi connectivity index (χ1n) is 7.36. The number of methoxy groups -OCH3 is 1. The van der Waals surface area contributed by atoms with Crippen molar-refractivity contribution in [1.82, 2.24) is 0 Å². The summed E-state index contributed by atoms with van der Waals surface area (Å²) in [7, 11) is 1.63. The first-order chi connectivity index (χ1) is 11.0. The molecule has 2 unspecified atom stereocenters. The van der Waals surface area contributed by atoms with Crippen molar-refractivity contribution in [3.63, 3.8) is 0 Å². The van der Waals surface area contributed by atoms with Crippen LogP contribution in [0.4, 0.5) is 0 Å². The highest BCUT2D eigenvalue weighted by molar-refractivity contribution is 5.98. The molecule has 0 bridgehead atoms. The smallest absolute Gasteiger partial charge is 0.191 e. The number of hydrogen-bond donors (Lipinski definition) is 1. The molecular formula is C19H18O4. The van der Waals surface area contributed by atoms with Gasteiger partial charge in [0.2, 0.25) is 0 Å². The molecule has 1 N–H and O–H groups in total. The number of rotatable bonds is 3. The number of benzene rings is 2. The van der Waals surface area contributed by atoms with Gasteiger partial charge < -0.3 is 14.6 Å². The Morgan fingerprint density at radius 1 is 1.04 bits per heavy atom.